The number of nitro groups is 1. The predicted molar refractivity (Wildman–Crippen MR) is 61.7 cm³/mol. The Morgan fingerprint density at radius 1 is 1.64 bits per heavy atom. The summed E-state index contributed by atoms with van der Waals surface area (Å²) >= 11 is 4.60. The molecule has 0 radical (unpaired) electrons. The molecule has 0 atom stereocenters. The third-order valence-electron chi connectivity index (χ3n) is 1.47. The fourth-order valence-electron chi connectivity index (χ4n) is 0.904. The molecule has 0 saturated carbocycles. The smallest absolute Gasteiger partial charge is 0.258 e. The molecule has 74 valence electrons. The van der Waals surface area contributed by atoms with Crippen molar-refractivity contribution in [3.63, 3.8) is 0 Å². The van der Waals surface area contributed by atoms with Gasteiger partial charge in [-0.3, -0.25) is 10.1 Å². The molecule has 0 aromatic heterocycles. The molecule has 14 heavy (non-hydrogen) atoms. The summed E-state index contributed by atoms with van der Waals surface area (Å²) in [5, 5.41) is 10.7. The van der Waals surface area contributed by atoms with E-state index in [1.165, 1.54) is 17.8 Å². The van der Waals surface area contributed by atoms with Crippen molar-refractivity contribution in [2.75, 3.05) is 5.75 Å². The van der Waals surface area contributed by atoms with Gasteiger partial charge in [0.25, 0.3) is 5.69 Å². The van der Waals surface area contributed by atoms with Gasteiger partial charge in [-0.15, -0.1) is 18.3 Å². The first-order valence-corrected chi connectivity index (χ1v) is 5.60. The Morgan fingerprint density at radius 2 is 2.36 bits per heavy atom. The topological polar surface area (TPSA) is 43.1 Å². The van der Waals surface area contributed by atoms with Crippen LogP contribution in [0.3, 0.4) is 0 Å². The van der Waals surface area contributed by atoms with Crippen LogP contribution in [0.2, 0.25) is 0 Å². The molecule has 0 spiro atoms. The Balaban J connectivity index is 3.01. The van der Waals surface area contributed by atoms with E-state index in [9.17, 15) is 10.1 Å². The number of hydrogen-bond donors (Lipinski definition) is 0. The molecule has 0 unspecified atom stereocenters. The second kappa shape index (κ2) is 5.17. The summed E-state index contributed by atoms with van der Waals surface area (Å²) in [5.74, 6) is 0.669. The summed E-state index contributed by atoms with van der Waals surface area (Å²) in [6, 6.07) is 5.03. The zero-order chi connectivity index (χ0) is 10.6. The average molecular weight is 274 g/mol. The van der Waals surface area contributed by atoms with Crippen molar-refractivity contribution in [3.8, 4) is 0 Å². The van der Waals surface area contributed by atoms with Crippen molar-refractivity contribution in [3.05, 3.63) is 45.4 Å². The van der Waals surface area contributed by atoms with Gasteiger partial charge in [0.05, 0.1) is 9.82 Å². The number of benzene rings is 1. The van der Waals surface area contributed by atoms with E-state index in [0.29, 0.717) is 15.1 Å². The molecule has 0 heterocycles. The van der Waals surface area contributed by atoms with Crippen LogP contribution in [0.4, 0.5) is 5.69 Å². The van der Waals surface area contributed by atoms with Crippen LogP contribution in [0.25, 0.3) is 0 Å². The summed E-state index contributed by atoms with van der Waals surface area (Å²) in [7, 11) is 0. The molecule has 0 fully saturated rings. The Labute approximate surface area is 94.5 Å². The molecule has 0 aliphatic heterocycles. The molecule has 1 rings (SSSR count). The molecular formula is C9H8BrNO2S. The van der Waals surface area contributed by atoms with Gasteiger partial charge in [-0.25, -0.2) is 0 Å². The monoisotopic (exact) mass is 273 g/mol. The first-order chi connectivity index (χ1) is 6.65. The van der Waals surface area contributed by atoms with E-state index in [0.717, 1.165) is 0 Å². The maximum absolute atomic E-state index is 10.7. The summed E-state index contributed by atoms with van der Waals surface area (Å²) in [6.45, 7) is 3.57. The van der Waals surface area contributed by atoms with Crippen LogP contribution in [-0.4, -0.2) is 10.7 Å². The highest BCUT2D eigenvalue weighted by molar-refractivity contribution is 9.10. The number of nitro benzene ring substituents is 1. The van der Waals surface area contributed by atoms with Gasteiger partial charge >= 0.3 is 0 Å². The van der Waals surface area contributed by atoms with Gasteiger partial charge in [0, 0.05) is 16.3 Å². The lowest BCUT2D eigenvalue weighted by Crippen LogP contribution is -1.90. The predicted octanol–water partition coefficient (Wildman–Crippen LogP) is 3.64. The first kappa shape index (κ1) is 11.3. The van der Waals surface area contributed by atoms with Gasteiger partial charge in [0.1, 0.15) is 0 Å². The normalized spacial score (nSPS) is 9.79. The van der Waals surface area contributed by atoms with Crippen LogP contribution in [0, 0.1) is 10.1 Å². The molecule has 0 bridgehead atoms. The number of thioether (sulfide) groups is 1. The van der Waals surface area contributed by atoms with Crippen LogP contribution in [-0.2, 0) is 0 Å². The molecule has 0 amide bonds. The van der Waals surface area contributed by atoms with Gasteiger partial charge < -0.3 is 0 Å². The number of nitrogens with zero attached hydrogens (tertiary/aromatic N) is 1. The second-order valence-corrected chi connectivity index (χ2v) is 4.45. The van der Waals surface area contributed by atoms with E-state index in [1.807, 2.05) is 0 Å². The number of hydrogen-bond acceptors (Lipinski definition) is 3. The maximum atomic E-state index is 10.7. The molecule has 0 saturated heterocycles. The van der Waals surface area contributed by atoms with Crippen LogP contribution in [0.1, 0.15) is 0 Å². The van der Waals surface area contributed by atoms with Crippen molar-refractivity contribution in [1.29, 1.82) is 0 Å². The van der Waals surface area contributed by atoms with Crippen molar-refractivity contribution < 1.29 is 4.92 Å². The molecule has 5 heteroatoms. The maximum Gasteiger partial charge on any atom is 0.284 e. The number of halogens is 1. The van der Waals surface area contributed by atoms with E-state index in [1.54, 1.807) is 18.2 Å². The molecule has 0 aliphatic rings. The molecule has 1 aromatic carbocycles. The zero-order valence-electron chi connectivity index (χ0n) is 7.27. The van der Waals surface area contributed by atoms with Crippen LogP contribution >= 0.6 is 27.7 Å². The first-order valence-electron chi connectivity index (χ1n) is 3.83. The average Bonchev–Trinajstić information content (AvgIpc) is 2.15. The van der Waals surface area contributed by atoms with E-state index >= 15 is 0 Å². The van der Waals surface area contributed by atoms with Gasteiger partial charge in [-0.2, -0.15) is 0 Å². The largest absolute Gasteiger partial charge is 0.284 e. The van der Waals surface area contributed by atoms with Gasteiger partial charge in [0.2, 0.25) is 0 Å². The van der Waals surface area contributed by atoms with E-state index in [-0.39, 0.29) is 10.6 Å². The summed E-state index contributed by atoms with van der Waals surface area (Å²) in [4.78, 5) is 11.0. The molecular weight excluding hydrogens is 266 g/mol. The lowest BCUT2D eigenvalue weighted by atomic mass is 10.3. The van der Waals surface area contributed by atoms with E-state index < -0.39 is 0 Å². The van der Waals surface area contributed by atoms with Crippen LogP contribution < -0.4 is 0 Å². The van der Waals surface area contributed by atoms with E-state index in [2.05, 4.69) is 22.5 Å². The fraction of sp³-hybridized carbons (Fsp3) is 0.111. The third kappa shape index (κ3) is 2.85. The number of rotatable bonds is 4. The highest BCUT2D eigenvalue weighted by Crippen LogP contribution is 2.31. The second-order valence-electron chi connectivity index (χ2n) is 2.47. The van der Waals surface area contributed by atoms with Gasteiger partial charge in [0.15, 0.2) is 0 Å². The van der Waals surface area contributed by atoms with Gasteiger partial charge in [-0.05, 0) is 12.1 Å². The zero-order valence-corrected chi connectivity index (χ0v) is 9.68. The highest BCUT2D eigenvalue weighted by Gasteiger charge is 2.13. The Morgan fingerprint density at radius 3 is 2.93 bits per heavy atom. The van der Waals surface area contributed by atoms with Crippen molar-refractivity contribution in [2.24, 2.45) is 0 Å². The minimum Gasteiger partial charge on any atom is -0.258 e. The fourth-order valence-corrected chi connectivity index (χ4v) is 2.00. The van der Waals surface area contributed by atoms with Crippen LogP contribution in [0.15, 0.2) is 40.2 Å². The molecule has 1 aromatic rings. The lowest BCUT2D eigenvalue weighted by Gasteiger charge is -2.00. The summed E-state index contributed by atoms with van der Waals surface area (Å²) < 4.78 is 0.715. The van der Waals surface area contributed by atoms with Gasteiger partial charge in [-0.1, -0.05) is 22.0 Å². The van der Waals surface area contributed by atoms with Crippen molar-refractivity contribution in [2.45, 2.75) is 4.90 Å². The minimum atomic E-state index is -0.379. The third-order valence-corrected chi connectivity index (χ3v) is 3.03. The Hall–Kier alpha value is -0.810. The SMILES string of the molecule is C=CCSc1ccc(Br)cc1[N+](=O)[O-]. The molecule has 0 aliphatic carbocycles. The Bertz CT molecular complexity index is 368. The van der Waals surface area contributed by atoms with E-state index in [4.69, 9.17) is 0 Å². The minimum absolute atomic E-state index is 0.131. The van der Waals surface area contributed by atoms with Crippen molar-refractivity contribution >= 4 is 33.4 Å². The van der Waals surface area contributed by atoms with Crippen molar-refractivity contribution in [1.82, 2.24) is 0 Å². The highest BCUT2D eigenvalue weighted by atomic mass is 79.9. The summed E-state index contributed by atoms with van der Waals surface area (Å²) in [6.07, 6.45) is 1.72. The Kier molecular flexibility index (Phi) is 4.16. The standard InChI is InChI=1S/C9H8BrNO2S/c1-2-5-14-9-4-3-7(10)6-8(9)11(12)13/h2-4,6H,1,5H2. The lowest BCUT2D eigenvalue weighted by molar-refractivity contribution is -0.387. The molecule has 3 nitrogen and oxygen atoms in total. The molecule has 0 N–H and O–H groups in total. The quantitative estimate of drug-likeness (QED) is 0.364. The van der Waals surface area contributed by atoms with Crippen LogP contribution in [0.5, 0.6) is 0 Å². The summed E-state index contributed by atoms with van der Waals surface area (Å²) in [5.41, 5.74) is 0.131.